The first-order valence-corrected chi connectivity index (χ1v) is 8.25. The average molecular weight is 334 g/mol. The minimum atomic E-state index is -0.591. The highest BCUT2D eigenvalue weighted by atomic mass is 16.3. The summed E-state index contributed by atoms with van der Waals surface area (Å²) in [6, 6.07) is 12.8. The average Bonchev–Trinajstić information content (AvgIpc) is 2.92. The molecule has 4 rings (SSSR count). The molecule has 5 heteroatoms. The first kappa shape index (κ1) is 15.4. The fraction of sp³-hybridized carbons (Fsp3) is 0.200. The van der Waals surface area contributed by atoms with E-state index in [1.165, 1.54) is 0 Å². The van der Waals surface area contributed by atoms with Crippen molar-refractivity contribution in [3.8, 4) is 5.75 Å². The summed E-state index contributed by atoms with van der Waals surface area (Å²) >= 11 is 0. The van der Waals surface area contributed by atoms with Gasteiger partial charge in [0.2, 0.25) is 0 Å². The van der Waals surface area contributed by atoms with Gasteiger partial charge in [-0.05, 0) is 43.5 Å². The third-order valence-corrected chi connectivity index (χ3v) is 4.86. The number of hydrogen-bond donors (Lipinski definition) is 2. The summed E-state index contributed by atoms with van der Waals surface area (Å²) in [7, 11) is 0. The highest BCUT2D eigenvalue weighted by molar-refractivity contribution is 6.09. The first-order valence-electron chi connectivity index (χ1n) is 8.25. The molecule has 0 aliphatic carbocycles. The monoisotopic (exact) mass is 334 g/mol. The van der Waals surface area contributed by atoms with Crippen molar-refractivity contribution in [2.24, 2.45) is 0 Å². The molecule has 25 heavy (non-hydrogen) atoms. The number of anilines is 1. The van der Waals surface area contributed by atoms with Gasteiger partial charge in [0.1, 0.15) is 11.3 Å². The van der Waals surface area contributed by atoms with Crippen molar-refractivity contribution in [2.45, 2.75) is 26.3 Å². The topological polar surface area (TPSA) is 71.3 Å². The fourth-order valence-corrected chi connectivity index (χ4v) is 3.62. The Morgan fingerprint density at radius 3 is 2.72 bits per heavy atom. The number of aryl methyl sites for hydroxylation is 1. The van der Waals surface area contributed by atoms with E-state index in [2.05, 4.69) is 5.32 Å². The van der Waals surface area contributed by atoms with E-state index < -0.39 is 11.5 Å². The molecule has 2 heterocycles. The summed E-state index contributed by atoms with van der Waals surface area (Å²) in [6.07, 6.45) is 0.717. The number of amides is 1. The van der Waals surface area contributed by atoms with Gasteiger partial charge in [-0.1, -0.05) is 30.3 Å². The second-order valence-corrected chi connectivity index (χ2v) is 6.53. The van der Waals surface area contributed by atoms with Crippen LogP contribution in [-0.2, 0) is 6.42 Å². The molecule has 2 aromatic carbocycles. The van der Waals surface area contributed by atoms with Crippen LogP contribution in [0.4, 0.5) is 5.69 Å². The lowest BCUT2D eigenvalue weighted by molar-refractivity contribution is 0.102. The molecule has 1 aliphatic heterocycles. The van der Waals surface area contributed by atoms with E-state index in [1.807, 2.05) is 44.2 Å². The summed E-state index contributed by atoms with van der Waals surface area (Å²) in [5, 5.41) is 13.9. The third-order valence-electron chi connectivity index (χ3n) is 4.86. The molecule has 126 valence electrons. The Morgan fingerprint density at radius 1 is 1.20 bits per heavy atom. The van der Waals surface area contributed by atoms with Gasteiger partial charge >= 0.3 is 0 Å². The van der Waals surface area contributed by atoms with Gasteiger partial charge in [-0.25, -0.2) is 0 Å². The number of para-hydroxylation sites is 2. The van der Waals surface area contributed by atoms with Crippen LogP contribution < -0.4 is 10.9 Å². The minimum Gasteiger partial charge on any atom is -0.506 e. The standard InChI is InChI=1S/C20H18N2O3/c1-11-6-3-4-9-15(11)21-19(24)16-18(23)14-8-5-7-13-10-12(2)22(17(13)14)20(16)25/h3-9,12,23H,10H2,1-2H3,(H,21,24). The Morgan fingerprint density at radius 2 is 1.96 bits per heavy atom. The molecule has 1 aromatic heterocycles. The number of carbonyl (C=O) groups is 1. The zero-order valence-corrected chi connectivity index (χ0v) is 14.0. The van der Waals surface area contributed by atoms with Gasteiger partial charge in [-0.15, -0.1) is 0 Å². The van der Waals surface area contributed by atoms with Gasteiger partial charge < -0.3 is 15.0 Å². The summed E-state index contributed by atoms with van der Waals surface area (Å²) in [5.74, 6) is -0.842. The maximum Gasteiger partial charge on any atom is 0.268 e. The molecule has 1 amide bonds. The fourth-order valence-electron chi connectivity index (χ4n) is 3.62. The Hall–Kier alpha value is -3.08. The van der Waals surface area contributed by atoms with Crippen molar-refractivity contribution in [2.75, 3.05) is 5.32 Å². The zero-order valence-electron chi connectivity index (χ0n) is 14.0. The maximum absolute atomic E-state index is 12.9. The van der Waals surface area contributed by atoms with Crippen LogP contribution in [-0.4, -0.2) is 15.6 Å². The van der Waals surface area contributed by atoms with Crippen LogP contribution in [0.3, 0.4) is 0 Å². The van der Waals surface area contributed by atoms with Crippen LogP contribution in [0.2, 0.25) is 0 Å². The SMILES string of the molecule is Cc1ccccc1NC(=O)c1c(O)c2cccc3c2n(c1=O)C(C)C3. The van der Waals surface area contributed by atoms with Crippen LogP contribution >= 0.6 is 0 Å². The Labute approximate surface area is 144 Å². The number of rotatable bonds is 2. The maximum atomic E-state index is 12.9. The number of pyridine rings is 1. The van der Waals surface area contributed by atoms with E-state index in [0.717, 1.165) is 23.1 Å². The number of aromatic hydroxyl groups is 1. The van der Waals surface area contributed by atoms with Crippen LogP contribution in [0, 0.1) is 6.92 Å². The molecule has 3 aromatic rings. The van der Waals surface area contributed by atoms with Crippen molar-refractivity contribution >= 4 is 22.5 Å². The number of nitrogens with one attached hydrogen (secondary N) is 1. The quantitative estimate of drug-likeness (QED) is 0.755. The lowest BCUT2D eigenvalue weighted by Crippen LogP contribution is -2.30. The van der Waals surface area contributed by atoms with Crippen LogP contribution in [0.15, 0.2) is 47.3 Å². The second-order valence-electron chi connectivity index (χ2n) is 6.53. The summed E-state index contributed by atoms with van der Waals surface area (Å²) in [5.41, 5.74) is 2.59. The lowest BCUT2D eigenvalue weighted by Gasteiger charge is -2.14. The number of aromatic nitrogens is 1. The summed E-state index contributed by atoms with van der Waals surface area (Å²) in [4.78, 5) is 25.7. The molecule has 1 atom stereocenters. The normalized spacial score (nSPS) is 15.5. The van der Waals surface area contributed by atoms with Gasteiger partial charge in [0.15, 0.2) is 0 Å². The number of nitrogens with zero attached hydrogens (tertiary/aromatic N) is 1. The highest BCUT2D eigenvalue weighted by Crippen LogP contribution is 2.36. The number of benzene rings is 2. The van der Waals surface area contributed by atoms with Crippen molar-refractivity contribution in [1.29, 1.82) is 0 Å². The molecule has 1 unspecified atom stereocenters. The largest absolute Gasteiger partial charge is 0.506 e. The smallest absolute Gasteiger partial charge is 0.268 e. The number of carbonyl (C=O) groups excluding carboxylic acids is 1. The molecule has 0 saturated heterocycles. The van der Waals surface area contributed by atoms with Crippen LogP contribution in [0.5, 0.6) is 5.75 Å². The van der Waals surface area contributed by atoms with Gasteiger partial charge in [0.05, 0.1) is 5.52 Å². The van der Waals surface area contributed by atoms with Crippen molar-refractivity contribution in [3.63, 3.8) is 0 Å². The zero-order chi connectivity index (χ0) is 17.7. The van der Waals surface area contributed by atoms with Gasteiger partial charge in [-0.2, -0.15) is 0 Å². The van der Waals surface area contributed by atoms with E-state index in [-0.39, 0.29) is 17.4 Å². The van der Waals surface area contributed by atoms with Gasteiger partial charge in [0.25, 0.3) is 11.5 Å². The summed E-state index contributed by atoms with van der Waals surface area (Å²) in [6.45, 7) is 3.82. The molecule has 0 radical (unpaired) electrons. The molecule has 1 aliphatic rings. The number of hydrogen-bond acceptors (Lipinski definition) is 3. The molecule has 0 bridgehead atoms. The van der Waals surface area contributed by atoms with Crippen molar-refractivity contribution in [3.05, 3.63) is 69.5 Å². The predicted molar refractivity (Wildman–Crippen MR) is 97.4 cm³/mol. The molecule has 0 spiro atoms. The molecular formula is C20H18N2O3. The lowest BCUT2D eigenvalue weighted by atomic mass is 10.1. The van der Waals surface area contributed by atoms with E-state index >= 15 is 0 Å². The first-order chi connectivity index (χ1) is 12.0. The van der Waals surface area contributed by atoms with E-state index in [9.17, 15) is 14.7 Å². The third kappa shape index (κ3) is 2.23. The Balaban J connectivity index is 1.91. The van der Waals surface area contributed by atoms with Gasteiger partial charge in [-0.3, -0.25) is 9.59 Å². The van der Waals surface area contributed by atoms with Crippen molar-refractivity contribution < 1.29 is 9.90 Å². The van der Waals surface area contributed by atoms with E-state index in [0.29, 0.717) is 11.1 Å². The highest BCUT2D eigenvalue weighted by Gasteiger charge is 2.29. The van der Waals surface area contributed by atoms with Crippen LogP contribution in [0.1, 0.15) is 34.5 Å². The van der Waals surface area contributed by atoms with Gasteiger partial charge in [0, 0.05) is 17.1 Å². The van der Waals surface area contributed by atoms with Crippen molar-refractivity contribution in [1.82, 2.24) is 4.57 Å². The molecule has 5 nitrogen and oxygen atoms in total. The van der Waals surface area contributed by atoms with E-state index in [4.69, 9.17) is 0 Å². The minimum absolute atomic E-state index is 0.0435. The Bertz CT molecular complexity index is 1080. The second kappa shape index (κ2) is 5.48. The molecule has 2 N–H and O–H groups in total. The Kier molecular flexibility index (Phi) is 3.39. The predicted octanol–water partition coefficient (Wildman–Crippen LogP) is 3.38. The molecule has 0 fully saturated rings. The summed E-state index contributed by atoms with van der Waals surface area (Å²) < 4.78 is 1.62. The van der Waals surface area contributed by atoms with Crippen LogP contribution in [0.25, 0.3) is 10.9 Å². The van der Waals surface area contributed by atoms with E-state index in [1.54, 1.807) is 16.7 Å². The molecular weight excluding hydrogens is 316 g/mol. The molecule has 0 saturated carbocycles.